The molecule has 0 amide bonds. The summed E-state index contributed by atoms with van der Waals surface area (Å²) in [6, 6.07) is 39.4. The van der Waals surface area contributed by atoms with Crippen LogP contribution in [-0.2, 0) is 57.7 Å². The fourth-order valence-electron chi connectivity index (χ4n) is 7.43. The van der Waals surface area contributed by atoms with E-state index in [-0.39, 0.29) is 19.8 Å². The molecule has 0 aliphatic carbocycles. The van der Waals surface area contributed by atoms with Crippen LogP contribution in [0.15, 0.2) is 121 Å². The van der Waals surface area contributed by atoms with Gasteiger partial charge in [-0.15, -0.1) is 0 Å². The standard InChI is InChI=1S/C42H48O10/c1-45-42-36(44)32(37-35(51-42)27-49-41(52-37)31-20-12-5-13-21-31)22-33-38(46-24-28-14-6-2-7-15-28)40(48-26-30-18-10-4-11-19-30)39(34(23-43)50-33)47-25-29-16-8-3-9-17-29/h2-21,32-44H,22-27H2,1H3/t32-,33+,34-,35-,36-,37+,38+,39+,40-,41-,42-/m1/s1. The number of methoxy groups -OCH3 is 1. The van der Waals surface area contributed by atoms with Crippen LogP contribution in [0.25, 0.3) is 0 Å². The minimum atomic E-state index is -1.05. The van der Waals surface area contributed by atoms with Crippen LogP contribution >= 0.6 is 0 Å². The lowest BCUT2D eigenvalue weighted by atomic mass is 9.80. The molecule has 0 saturated carbocycles. The Morgan fingerprint density at radius 1 is 0.615 bits per heavy atom. The molecule has 0 spiro atoms. The molecule has 4 aromatic carbocycles. The summed E-state index contributed by atoms with van der Waals surface area (Å²) >= 11 is 0. The van der Waals surface area contributed by atoms with E-state index >= 15 is 0 Å². The van der Waals surface area contributed by atoms with E-state index in [4.69, 9.17) is 37.9 Å². The van der Waals surface area contributed by atoms with Crippen LogP contribution in [-0.4, -0.2) is 85.7 Å². The molecule has 0 bridgehead atoms. The molecule has 7 rings (SSSR count). The van der Waals surface area contributed by atoms with E-state index in [1.165, 1.54) is 7.11 Å². The highest BCUT2D eigenvalue weighted by molar-refractivity contribution is 5.18. The molecule has 0 radical (unpaired) electrons. The number of aliphatic hydroxyl groups is 2. The highest BCUT2D eigenvalue weighted by atomic mass is 16.7. The second-order valence-corrected chi connectivity index (χ2v) is 13.5. The van der Waals surface area contributed by atoms with Crippen molar-refractivity contribution >= 4 is 0 Å². The van der Waals surface area contributed by atoms with Gasteiger partial charge >= 0.3 is 0 Å². The summed E-state index contributed by atoms with van der Waals surface area (Å²) in [7, 11) is 1.51. The minimum Gasteiger partial charge on any atom is -0.394 e. The largest absolute Gasteiger partial charge is 0.394 e. The summed E-state index contributed by atoms with van der Waals surface area (Å²) in [5, 5.41) is 22.6. The zero-order valence-corrected chi connectivity index (χ0v) is 29.3. The van der Waals surface area contributed by atoms with Crippen LogP contribution in [0, 0.1) is 5.92 Å². The maximum atomic E-state index is 11.8. The average Bonchev–Trinajstić information content (AvgIpc) is 3.21. The maximum absolute atomic E-state index is 11.8. The molecule has 11 atom stereocenters. The molecule has 10 heteroatoms. The van der Waals surface area contributed by atoms with Crippen LogP contribution in [0.5, 0.6) is 0 Å². The fraction of sp³-hybridized carbons (Fsp3) is 0.429. The Morgan fingerprint density at radius 2 is 1.12 bits per heavy atom. The van der Waals surface area contributed by atoms with Gasteiger partial charge in [0.05, 0.1) is 45.2 Å². The fourth-order valence-corrected chi connectivity index (χ4v) is 7.43. The van der Waals surface area contributed by atoms with Gasteiger partial charge in [0, 0.05) is 18.6 Å². The molecule has 2 N–H and O–H groups in total. The summed E-state index contributed by atoms with van der Waals surface area (Å²) in [6.07, 6.45) is -6.73. The average molecular weight is 713 g/mol. The number of ether oxygens (including phenoxy) is 8. The van der Waals surface area contributed by atoms with Crippen molar-refractivity contribution in [2.45, 2.75) is 87.7 Å². The van der Waals surface area contributed by atoms with Gasteiger partial charge in [0.15, 0.2) is 12.6 Å². The zero-order valence-electron chi connectivity index (χ0n) is 29.3. The van der Waals surface area contributed by atoms with Gasteiger partial charge in [0.25, 0.3) is 0 Å². The van der Waals surface area contributed by atoms with Crippen molar-refractivity contribution in [1.82, 2.24) is 0 Å². The highest BCUT2D eigenvalue weighted by Gasteiger charge is 2.54. The van der Waals surface area contributed by atoms with Crippen molar-refractivity contribution in [2.24, 2.45) is 5.92 Å². The first-order valence-electron chi connectivity index (χ1n) is 18.0. The zero-order chi connectivity index (χ0) is 35.7. The summed E-state index contributed by atoms with van der Waals surface area (Å²) < 4.78 is 51.4. The maximum Gasteiger partial charge on any atom is 0.184 e. The molecule has 0 unspecified atom stereocenters. The highest BCUT2D eigenvalue weighted by Crippen LogP contribution is 2.42. The first-order chi connectivity index (χ1) is 25.6. The third kappa shape index (κ3) is 8.81. The molecule has 3 aliphatic heterocycles. The lowest BCUT2D eigenvalue weighted by Gasteiger charge is -2.51. The summed E-state index contributed by atoms with van der Waals surface area (Å²) in [6.45, 7) is 0.817. The minimum absolute atomic E-state index is 0.254. The van der Waals surface area contributed by atoms with Crippen molar-refractivity contribution in [3.63, 3.8) is 0 Å². The van der Waals surface area contributed by atoms with Crippen molar-refractivity contribution in [1.29, 1.82) is 0 Å². The summed E-state index contributed by atoms with van der Waals surface area (Å²) in [5.74, 6) is -0.512. The molecule has 4 aromatic rings. The van der Waals surface area contributed by atoms with Gasteiger partial charge in [-0.05, 0) is 23.1 Å². The van der Waals surface area contributed by atoms with Crippen LogP contribution < -0.4 is 0 Å². The number of aliphatic hydroxyl groups excluding tert-OH is 2. The van der Waals surface area contributed by atoms with Crippen molar-refractivity contribution in [3.05, 3.63) is 144 Å². The van der Waals surface area contributed by atoms with E-state index in [1.54, 1.807) is 0 Å². The Hall–Kier alpha value is -3.52. The first kappa shape index (κ1) is 36.8. The van der Waals surface area contributed by atoms with Crippen molar-refractivity contribution < 1.29 is 48.1 Å². The molecule has 52 heavy (non-hydrogen) atoms. The molecular weight excluding hydrogens is 664 g/mol. The number of hydrogen-bond donors (Lipinski definition) is 2. The van der Waals surface area contributed by atoms with Crippen LogP contribution in [0.4, 0.5) is 0 Å². The van der Waals surface area contributed by atoms with E-state index in [1.807, 2.05) is 121 Å². The smallest absolute Gasteiger partial charge is 0.184 e. The molecule has 3 heterocycles. The van der Waals surface area contributed by atoms with E-state index in [0.29, 0.717) is 19.6 Å². The Morgan fingerprint density at radius 3 is 1.63 bits per heavy atom. The molecule has 3 fully saturated rings. The van der Waals surface area contributed by atoms with Crippen molar-refractivity contribution in [3.8, 4) is 0 Å². The lowest BCUT2D eigenvalue weighted by molar-refractivity contribution is -0.355. The van der Waals surface area contributed by atoms with E-state index in [9.17, 15) is 10.2 Å². The van der Waals surface area contributed by atoms with E-state index < -0.39 is 67.3 Å². The predicted molar refractivity (Wildman–Crippen MR) is 191 cm³/mol. The van der Waals surface area contributed by atoms with Gasteiger partial charge in [-0.25, -0.2) is 0 Å². The first-order valence-corrected chi connectivity index (χ1v) is 18.0. The molecule has 276 valence electrons. The van der Waals surface area contributed by atoms with Crippen molar-refractivity contribution in [2.75, 3.05) is 20.3 Å². The Labute approximate surface area is 305 Å². The normalized spacial score (nSPS) is 31.9. The number of fused-ring (bicyclic) bond motifs is 1. The van der Waals surface area contributed by atoms with Gasteiger partial charge in [-0.3, -0.25) is 0 Å². The van der Waals surface area contributed by atoms with Crippen LogP contribution in [0.2, 0.25) is 0 Å². The second-order valence-electron chi connectivity index (χ2n) is 13.5. The summed E-state index contributed by atoms with van der Waals surface area (Å²) in [4.78, 5) is 0. The Kier molecular flexibility index (Phi) is 12.7. The third-order valence-electron chi connectivity index (χ3n) is 10.1. The van der Waals surface area contributed by atoms with Gasteiger partial charge in [-0.1, -0.05) is 121 Å². The second kappa shape index (κ2) is 18.0. The van der Waals surface area contributed by atoms with E-state index in [0.717, 1.165) is 22.3 Å². The van der Waals surface area contributed by atoms with Crippen LogP contribution in [0.1, 0.15) is 35.0 Å². The van der Waals surface area contributed by atoms with Gasteiger partial charge < -0.3 is 48.1 Å². The third-order valence-corrected chi connectivity index (χ3v) is 10.1. The molecular formula is C42H48O10. The quantitative estimate of drug-likeness (QED) is 0.177. The molecule has 10 nitrogen and oxygen atoms in total. The topological polar surface area (TPSA) is 114 Å². The monoisotopic (exact) mass is 712 g/mol. The number of rotatable bonds is 14. The Balaban J connectivity index is 1.21. The Bertz CT molecular complexity index is 1610. The molecule has 0 aromatic heterocycles. The van der Waals surface area contributed by atoms with Gasteiger partial charge in [-0.2, -0.15) is 0 Å². The molecule has 3 aliphatic rings. The van der Waals surface area contributed by atoms with E-state index in [2.05, 4.69) is 0 Å². The van der Waals surface area contributed by atoms with Crippen LogP contribution in [0.3, 0.4) is 0 Å². The summed E-state index contributed by atoms with van der Waals surface area (Å²) in [5.41, 5.74) is 3.83. The molecule has 3 saturated heterocycles. The van der Waals surface area contributed by atoms with Gasteiger partial charge in [0.1, 0.15) is 36.6 Å². The number of hydrogen-bond acceptors (Lipinski definition) is 10. The number of benzene rings is 4. The predicted octanol–water partition coefficient (Wildman–Crippen LogP) is 5.36. The van der Waals surface area contributed by atoms with Gasteiger partial charge in [0.2, 0.25) is 0 Å². The lowest BCUT2D eigenvalue weighted by Crippen LogP contribution is -2.64. The SMILES string of the molecule is CO[C@@H]1O[C@@H]2CO[C@@H](c3ccccc3)O[C@H]2[C@H](C[C@@H]2O[C@H](CO)[C@H](OCc3ccccc3)[C@H](OCc3ccccc3)[C@H]2OCc2ccccc2)[C@H]1O.